The van der Waals surface area contributed by atoms with Crippen molar-refractivity contribution in [2.75, 3.05) is 0 Å². The number of ether oxygens (including phenoxy) is 1. The fourth-order valence-corrected chi connectivity index (χ4v) is 7.00. The number of fused-ring (bicyclic) bond motifs is 11. The van der Waals surface area contributed by atoms with Crippen LogP contribution in [0.4, 0.5) is 0 Å². The smallest absolute Gasteiger partial charge is 0.202 e. The Morgan fingerprint density at radius 3 is 1.72 bits per heavy atom. The summed E-state index contributed by atoms with van der Waals surface area (Å²) in [6.45, 7) is 0. The summed E-state index contributed by atoms with van der Waals surface area (Å²) in [5, 5.41) is 9.37. The zero-order valence-corrected chi connectivity index (χ0v) is 26.3. The molecule has 245 valence electrons. The van der Waals surface area contributed by atoms with Gasteiger partial charge >= 0.3 is 0 Å². The average molecular weight is 703 g/mol. The first-order chi connectivity index (χ1) is 37.5. The van der Waals surface area contributed by atoms with E-state index in [1.807, 2.05) is 0 Å². The SMILES string of the molecule is [2H]c1c([2H])c([2H])c(-c2c([2H])c(-n3c4c([2H])c([2H])c([2H])c([2H])c4c4c([2H])c([2H])c([2H])c([2H])c43)c([2H])c3c2[B]c2c([2H])c([2H])c(-c4c([2H])c5c6c([2H])c([2H])c([2H])c([2H])c6n6c7c([2H])c([2H])c([2H])c([2H])c7c(c4[2H])c56)c([2H])c2O3)c(O)c1[2H]. The second-order valence-corrected chi connectivity index (χ2v) is 12.0. The molecule has 0 unspecified atom stereocenters. The van der Waals surface area contributed by atoms with Crippen LogP contribution in [0.2, 0.25) is 0 Å². The molecule has 0 bridgehead atoms. The Hall–Kier alpha value is -6.98. The predicted octanol–water partition coefficient (Wildman–Crippen LogP) is 10.7. The van der Waals surface area contributed by atoms with Gasteiger partial charge in [0, 0.05) is 43.9 Å². The van der Waals surface area contributed by atoms with E-state index in [4.69, 9.17) is 32.2 Å². The quantitative estimate of drug-likeness (QED) is 0.186. The minimum Gasteiger partial charge on any atom is -0.507 e. The van der Waals surface area contributed by atoms with E-state index in [2.05, 4.69) is 0 Å². The summed E-state index contributed by atoms with van der Waals surface area (Å²) >= 11 is 0. The second-order valence-electron chi connectivity index (χ2n) is 12.0. The normalized spacial score (nSPS) is 19.7. The van der Waals surface area contributed by atoms with Gasteiger partial charge in [-0.15, -0.1) is 0 Å². The van der Waals surface area contributed by atoms with Gasteiger partial charge in [0.05, 0.1) is 70.3 Å². The highest BCUT2D eigenvalue weighted by Gasteiger charge is 2.26. The molecule has 0 amide bonds. The highest BCUT2D eigenvalue weighted by Crippen LogP contribution is 2.43. The first-order valence-electron chi connectivity index (χ1n) is 29.3. The van der Waals surface area contributed by atoms with Crippen molar-refractivity contribution < 1.29 is 46.9 Å². The van der Waals surface area contributed by atoms with E-state index in [-0.39, 0.29) is 38.1 Å². The van der Waals surface area contributed by atoms with Crippen LogP contribution in [0.25, 0.3) is 87.8 Å². The second kappa shape index (κ2) is 10.5. The number of nitrogens with zero attached hydrogens (tertiary/aromatic N) is 2. The third-order valence-electron chi connectivity index (χ3n) is 9.19. The standard InChI is InChI=1S/C48H28BN2O2/c52-44-20-10-5-15-35(44)36-26-30(50-40-16-6-1-11-31(40)32-12-2-7-17-41(32)50)27-46-47(36)49-39-22-21-28(25-45(39)53-46)29-23-37-33-13-3-8-18-42(33)51-43-19-9-4-14-34(43)38(24-29)48(37)51/h1-27,52H/i1D,2D,3D,4D,5D,6D,7D,8D,9D,10D,11D,12D,13D,14D,15D,16D,17D,18D,19D,20D,21D,22D,23D,24D,25D,26D,27D. The maximum Gasteiger partial charge on any atom is 0.202 e. The van der Waals surface area contributed by atoms with Crippen LogP contribution in [0.3, 0.4) is 0 Å². The predicted molar refractivity (Wildman–Crippen MR) is 220 cm³/mol. The highest BCUT2D eigenvalue weighted by atomic mass is 16.5. The largest absolute Gasteiger partial charge is 0.507 e. The van der Waals surface area contributed by atoms with Crippen LogP contribution in [0.1, 0.15) is 37.0 Å². The van der Waals surface area contributed by atoms with Gasteiger partial charge in [-0.3, -0.25) is 0 Å². The molecule has 12 rings (SSSR count). The molecule has 3 aromatic heterocycles. The zero-order valence-electron chi connectivity index (χ0n) is 53.3. The van der Waals surface area contributed by atoms with Crippen LogP contribution in [0, 0.1) is 0 Å². The van der Waals surface area contributed by atoms with Gasteiger partial charge in [0.25, 0.3) is 0 Å². The maximum absolute atomic E-state index is 11.7. The van der Waals surface area contributed by atoms with E-state index in [1.165, 1.54) is 0 Å². The summed E-state index contributed by atoms with van der Waals surface area (Å²) in [4.78, 5) is 0. The Kier molecular flexibility index (Phi) is 2.63. The van der Waals surface area contributed by atoms with Crippen molar-refractivity contribution in [3.63, 3.8) is 0 Å². The molecule has 8 aromatic carbocycles. The molecule has 11 aromatic rings. The molecule has 0 fully saturated rings. The van der Waals surface area contributed by atoms with E-state index in [0.717, 1.165) is 16.2 Å². The number of aromatic nitrogens is 2. The Morgan fingerprint density at radius 1 is 0.491 bits per heavy atom. The first-order valence-corrected chi connectivity index (χ1v) is 15.8. The fraction of sp³-hybridized carbons (Fsp3) is 0. The van der Waals surface area contributed by atoms with Crippen LogP contribution >= 0.6 is 0 Å². The topological polar surface area (TPSA) is 38.8 Å². The molecule has 1 N–H and O–H groups in total. The van der Waals surface area contributed by atoms with Crippen LogP contribution in [-0.4, -0.2) is 21.4 Å². The zero-order chi connectivity index (χ0) is 58.3. The number of hydrogen-bond acceptors (Lipinski definition) is 2. The minimum atomic E-state index is -1.17. The molecule has 0 saturated heterocycles. The van der Waals surface area contributed by atoms with Crippen molar-refractivity contribution in [3.05, 3.63) is 163 Å². The van der Waals surface area contributed by atoms with Gasteiger partial charge in [-0.1, -0.05) is 103 Å². The lowest BCUT2D eigenvalue weighted by Crippen LogP contribution is -2.35. The molecule has 1 aliphatic heterocycles. The molecule has 1 radical (unpaired) electrons. The van der Waals surface area contributed by atoms with E-state index in [0.29, 0.717) is 0 Å². The van der Waals surface area contributed by atoms with Crippen molar-refractivity contribution in [1.29, 1.82) is 0 Å². The van der Waals surface area contributed by atoms with Crippen molar-refractivity contribution in [2.24, 2.45) is 0 Å². The minimum absolute atomic E-state index is 0.194. The van der Waals surface area contributed by atoms with Gasteiger partial charge in [-0.2, -0.15) is 0 Å². The number of para-hydroxylation sites is 5. The van der Waals surface area contributed by atoms with Gasteiger partial charge in [-0.25, -0.2) is 0 Å². The number of hydrogen-bond donors (Lipinski definition) is 1. The molecule has 53 heavy (non-hydrogen) atoms. The molecule has 4 heterocycles. The highest BCUT2D eigenvalue weighted by molar-refractivity contribution is 6.71. The van der Waals surface area contributed by atoms with Gasteiger partial charge in [0.1, 0.15) is 17.2 Å². The number of benzene rings is 8. The summed E-state index contributed by atoms with van der Waals surface area (Å²) in [6.07, 6.45) is 0. The first kappa shape index (κ1) is 13.2. The van der Waals surface area contributed by atoms with Gasteiger partial charge in [0.2, 0.25) is 7.28 Å². The third kappa shape index (κ3) is 3.96. The Morgan fingerprint density at radius 2 is 1.06 bits per heavy atom. The average Bonchev–Trinajstić information content (AvgIpc) is 4.17. The van der Waals surface area contributed by atoms with E-state index in [9.17, 15) is 14.7 Å². The lowest BCUT2D eigenvalue weighted by Gasteiger charge is -2.25. The molecule has 0 saturated carbocycles. The van der Waals surface area contributed by atoms with Crippen molar-refractivity contribution in [1.82, 2.24) is 8.97 Å². The maximum atomic E-state index is 11.7. The third-order valence-corrected chi connectivity index (χ3v) is 9.19. The molecule has 1 aliphatic rings. The summed E-state index contributed by atoms with van der Waals surface area (Å²) in [7, 11) is 0.999. The number of phenols is 1. The molecule has 4 nitrogen and oxygen atoms in total. The Balaban J connectivity index is 1.24. The van der Waals surface area contributed by atoms with Crippen LogP contribution in [0.5, 0.6) is 17.2 Å². The van der Waals surface area contributed by atoms with Crippen molar-refractivity contribution in [2.45, 2.75) is 0 Å². The van der Waals surface area contributed by atoms with E-state index >= 15 is 0 Å². The molecule has 5 heteroatoms. The fourth-order valence-electron chi connectivity index (χ4n) is 7.00. The summed E-state index contributed by atoms with van der Waals surface area (Å²) < 4.78 is 252. The van der Waals surface area contributed by atoms with E-state index < -0.39 is 241 Å². The molecular formula is C48H28BN2O2. The van der Waals surface area contributed by atoms with E-state index in [1.54, 1.807) is 0 Å². The lowest BCUT2D eigenvalue weighted by atomic mass is 9.59. The van der Waals surface area contributed by atoms with Gasteiger partial charge in [-0.05, 0) is 82.0 Å². The van der Waals surface area contributed by atoms with Crippen LogP contribution in [0.15, 0.2) is 163 Å². The molecule has 0 aliphatic carbocycles. The number of rotatable bonds is 3. The van der Waals surface area contributed by atoms with Crippen LogP contribution < -0.4 is 15.7 Å². The molecule has 0 atom stereocenters. The molecular weight excluding hydrogens is 647 g/mol. The Labute approximate surface area is 342 Å². The number of phenolic OH excluding ortho intramolecular Hbond substituents is 1. The summed E-state index contributed by atoms with van der Waals surface area (Å²) in [6, 6.07) is -22.5. The van der Waals surface area contributed by atoms with Crippen molar-refractivity contribution in [3.8, 4) is 45.2 Å². The van der Waals surface area contributed by atoms with Crippen LogP contribution in [-0.2, 0) is 0 Å². The summed E-state index contributed by atoms with van der Waals surface area (Å²) in [5.74, 6) is -2.66. The molecule has 0 spiro atoms. The summed E-state index contributed by atoms with van der Waals surface area (Å²) in [5.41, 5.74) is -6.79. The lowest BCUT2D eigenvalue weighted by molar-refractivity contribution is 0.477. The Bertz CT molecular complexity index is 4660. The van der Waals surface area contributed by atoms with Gasteiger partial charge in [0.15, 0.2) is 0 Å². The monoisotopic (exact) mass is 702 g/mol. The van der Waals surface area contributed by atoms with Gasteiger partial charge < -0.3 is 18.8 Å². The van der Waals surface area contributed by atoms with Crippen molar-refractivity contribution >= 4 is 78.1 Å². The number of aromatic hydroxyl groups is 1.